The Morgan fingerprint density at radius 2 is 1.88 bits per heavy atom. The van der Waals surface area contributed by atoms with Crippen molar-refractivity contribution in [2.45, 2.75) is 45.1 Å². The fourth-order valence-corrected chi connectivity index (χ4v) is 5.28. The van der Waals surface area contributed by atoms with Gasteiger partial charge in [-0.3, -0.25) is 0 Å². The molecule has 1 N–H and O–H groups in total. The summed E-state index contributed by atoms with van der Waals surface area (Å²) in [6.45, 7) is 8.38. The third kappa shape index (κ3) is 3.71. The van der Waals surface area contributed by atoms with Crippen LogP contribution in [0.25, 0.3) is 0 Å². The SMILES string of the molecule is CCOc1cccc2c1OC[C@H](NS(=O)(=O)c1c(C)cc(C)cc1C)C2. The highest BCUT2D eigenvalue weighted by atomic mass is 32.2. The van der Waals surface area contributed by atoms with Crippen LogP contribution in [0, 0.1) is 20.8 Å². The number of nitrogens with one attached hydrogen (secondary N) is 1. The molecule has 0 fully saturated rings. The number of para-hydroxylation sites is 1. The van der Waals surface area contributed by atoms with E-state index in [2.05, 4.69) is 4.72 Å². The zero-order chi connectivity index (χ0) is 18.9. The fraction of sp³-hybridized carbons (Fsp3) is 0.400. The average Bonchev–Trinajstić information content (AvgIpc) is 2.53. The summed E-state index contributed by atoms with van der Waals surface area (Å²) in [6, 6.07) is 9.18. The molecule has 5 nitrogen and oxygen atoms in total. The number of aryl methyl sites for hydroxylation is 3. The molecule has 0 bridgehead atoms. The van der Waals surface area contributed by atoms with Gasteiger partial charge in [0.05, 0.1) is 17.5 Å². The molecule has 0 saturated carbocycles. The first-order valence-corrected chi connectivity index (χ1v) is 10.3. The molecule has 0 spiro atoms. The Bertz CT molecular complexity index is 898. The largest absolute Gasteiger partial charge is 0.490 e. The van der Waals surface area contributed by atoms with Gasteiger partial charge in [0, 0.05) is 0 Å². The Morgan fingerprint density at radius 1 is 1.19 bits per heavy atom. The lowest BCUT2D eigenvalue weighted by Gasteiger charge is -2.27. The van der Waals surface area contributed by atoms with E-state index in [4.69, 9.17) is 9.47 Å². The topological polar surface area (TPSA) is 64.6 Å². The molecule has 140 valence electrons. The van der Waals surface area contributed by atoms with Gasteiger partial charge in [-0.15, -0.1) is 0 Å². The van der Waals surface area contributed by atoms with Crippen molar-refractivity contribution in [3.63, 3.8) is 0 Å². The van der Waals surface area contributed by atoms with Crippen molar-refractivity contribution in [1.29, 1.82) is 0 Å². The first-order chi connectivity index (χ1) is 12.3. The van der Waals surface area contributed by atoms with Gasteiger partial charge in [0.15, 0.2) is 11.5 Å². The Labute approximate surface area is 155 Å². The molecular weight excluding hydrogens is 350 g/mol. The van der Waals surface area contributed by atoms with Crippen molar-refractivity contribution >= 4 is 10.0 Å². The maximum Gasteiger partial charge on any atom is 0.241 e. The van der Waals surface area contributed by atoms with Crippen LogP contribution in [-0.2, 0) is 16.4 Å². The zero-order valence-corrected chi connectivity index (χ0v) is 16.4. The van der Waals surface area contributed by atoms with Crippen LogP contribution in [0.1, 0.15) is 29.2 Å². The molecule has 1 aliphatic heterocycles. The zero-order valence-electron chi connectivity index (χ0n) is 15.6. The van der Waals surface area contributed by atoms with Gasteiger partial charge in [0.1, 0.15) is 6.61 Å². The van der Waals surface area contributed by atoms with Crippen molar-refractivity contribution in [2.75, 3.05) is 13.2 Å². The second-order valence-electron chi connectivity index (χ2n) is 6.74. The monoisotopic (exact) mass is 375 g/mol. The van der Waals surface area contributed by atoms with Gasteiger partial charge in [-0.2, -0.15) is 0 Å². The molecular formula is C20H25NO4S. The van der Waals surface area contributed by atoms with Crippen molar-refractivity contribution < 1.29 is 17.9 Å². The van der Waals surface area contributed by atoms with Crippen molar-refractivity contribution in [3.8, 4) is 11.5 Å². The average molecular weight is 375 g/mol. The van der Waals surface area contributed by atoms with Crippen LogP contribution < -0.4 is 14.2 Å². The van der Waals surface area contributed by atoms with Crippen LogP contribution in [0.3, 0.4) is 0 Å². The molecule has 1 atom stereocenters. The van der Waals surface area contributed by atoms with Crippen LogP contribution in [0.2, 0.25) is 0 Å². The number of benzene rings is 2. The molecule has 1 heterocycles. The van der Waals surface area contributed by atoms with Gasteiger partial charge in [-0.25, -0.2) is 13.1 Å². The summed E-state index contributed by atoms with van der Waals surface area (Å²) in [5.74, 6) is 1.42. The molecule has 0 unspecified atom stereocenters. The summed E-state index contributed by atoms with van der Waals surface area (Å²) in [6.07, 6.45) is 0.569. The Balaban J connectivity index is 1.84. The number of hydrogen-bond donors (Lipinski definition) is 1. The molecule has 26 heavy (non-hydrogen) atoms. The number of hydrogen-bond acceptors (Lipinski definition) is 4. The Morgan fingerprint density at radius 3 is 2.54 bits per heavy atom. The summed E-state index contributed by atoms with van der Waals surface area (Å²) in [7, 11) is -3.62. The second-order valence-corrected chi connectivity index (χ2v) is 8.39. The molecule has 0 saturated heterocycles. The van der Waals surface area contributed by atoms with Gasteiger partial charge < -0.3 is 9.47 Å². The van der Waals surface area contributed by atoms with Crippen LogP contribution >= 0.6 is 0 Å². The number of rotatable bonds is 5. The molecule has 0 aliphatic carbocycles. The van der Waals surface area contributed by atoms with Gasteiger partial charge >= 0.3 is 0 Å². The Hall–Kier alpha value is -2.05. The summed E-state index contributed by atoms with van der Waals surface area (Å²) < 4.78 is 40.1. The maximum atomic E-state index is 12.9. The first-order valence-electron chi connectivity index (χ1n) is 8.79. The van der Waals surface area contributed by atoms with Crippen LogP contribution in [0.5, 0.6) is 11.5 Å². The van der Waals surface area contributed by atoms with Gasteiger partial charge in [0.25, 0.3) is 0 Å². The van der Waals surface area contributed by atoms with Crippen LogP contribution in [0.4, 0.5) is 0 Å². The van der Waals surface area contributed by atoms with E-state index in [-0.39, 0.29) is 12.6 Å². The van der Waals surface area contributed by atoms with Gasteiger partial charge in [-0.1, -0.05) is 29.8 Å². The lowest BCUT2D eigenvalue weighted by Crippen LogP contribution is -2.43. The minimum Gasteiger partial charge on any atom is -0.490 e. The predicted octanol–water partition coefficient (Wildman–Crippen LogP) is 3.29. The van der Waals surface area contributed by atoms with E-state index < -0.39 is 10.0 Å². The van der Waals surface area contributed by atoms with Gasteiger partial charge in [0.2, 0.25) is 10.0 Å². The second kappa shape index (κ2) is 7.29. The van der Waals surface area contributed by atoms with E-state index in [9.17, 15) is 8.42 Å². The third-order valence-electron chi connectivity index (χ3n) is 4.45. The maximum absolute atomic E-state index is 12.9. The smallest absolute Gasteiger partial charge is 0.241 e. The lowest BCUT2D eigenvalue weighted by molar-refractivity contribution is 0.233. The van der Waals surface area contributed by atoms with E-state index in [1.54, 1.807) is 0 Å². The first kappa shape index (κ1) is 18.7. The number of sulfonamides is 1. The minimum absolute atomic E-state index is 0.278. The summed E-state index contributed by atoms with van der Waals surface area (Å²) >= 11 is 0. The predicted molar refractivity (Wildman–Crippen MR) is 102 cm³/mol. The van der Waals surface area contributed by atoms with Crippen molar-refractivity contribution in [3.05, 3.63) is 52.6 Å². The van der Waals surface area contributed by atoms with Crippen molar-refractivity contribution in [1.82, 2.24) is 4.72 Å². The molecule has 0 aromatic heterocycles. The molecule has 0 amide bonds. The number of ether oxygens (including phenoxy) is 2. The Kier molecular flexibility index (Phi) is 5.25. The van der Waals surface area contributed by atoms with E-state index in [1.165, 1.54) is 0 Å². The lowest BCUT2D eigenvalue weighted by atomic mass is 10.0. The number of fused-ring (bicyclic) bond motifs is 1. The molecule has 0 radical (unpaired) electrons. The quantitative estimate of drug-likeness (QED) is 0.871. The van der Waals surface area contributed by atoms with Crippen molar-refractivity contribution in [2.24, 2.45) is 0 Å². The summed E-state index contributed by atoms with van der Waals surface area (Å²) in [4.78, 5) is 0.358. The fourth-order valence-electron chi connectivity index (χ4n) is 3.61. The molecule has 3 rings (SSSR count). The van der Waals surface area contributed by atoms with Crippen LogP contribution in [-0.4, -0.2) is 27.7 Å². The highest BCUT2D eigenvalue weighted by molar-refractivity contribution is 7.89. The van der Waals surface area contributed by atoms with E-state index in [1.807, 2.05) is 58.0 Å². The van der Waals surface area contributed by atoms with E-state index in [0.717, 1.165) is 22.3 Å². The standard InChI is InChI=1S/C20H25NO4S/c1-5-24-18-8-6-7-16-11-17(12-25-19(16)18)21-26(22,23)20-14(3)9-13(2)10-15(20)4/h6-10,17,21H,5,11-12H2,1-4H3/t17-/m1/s1. The molecule has 6 heteroatoms. The molecule has 1 aliphatic rings. The third-order valence-corrected chi connectivity index (χ3v) is 6.28. The van der Waals surface area contributed by atoms with E-state index >= 15 is 0 Å². The molecule has 2 aromatic rings. The van der Waals surface area contributed by atoms with Gasteiger partial charge in [-0.05, 0) is 56.9 Å². The highest BCUT2D eigenvalue weighted by Crippen LogP contribution is 2.35. The minimum atomic E-state index is -3.62. The summed E-state index contributed by atoms with van der Waals surface area (Å²) in [5, 5.41) is 0. The normalized spacial score (nSPS) is 16.7. The van der Waals surface area contributed by atoms with Crippen LogP contribution in [0.15, 0.2) is 35.2 Å². The summed E-state index contributed by atoms with van der Waals surface area (Å²) in [5.41, 5.74) is 3.51. The highest BCUT2D eigenvalue weighted by Gasteiger charge is 2.28. The molecule has 2 aromatic carbocycles. The van der Waals surface area contributed by atoms with E-state index in [0.29, 0.717) is 29.4 Å².